The van der Waals surface area contributed by atoms with Gasteiger partial charge < -0.3 is 5.73 Å². The van der Waals surface area contributed by atoms with Gasteiger partial charge in [-0.1, -0.05) is 26.0 Å². The second-order valence-electron chi connectivity index (χ2n) is 6.16. The molecule has 2 atom stereocenters. The first-order valence-electron chi connectivity index (χ1n) is 6.46. The van der Waals surface area contributed by atoms with Gasteiger partial charge in [-0.2, -0.15) is 0 Å². The molecule has 2 rings (SSSR count). The van der Waals surface area contributed by atoms with Gasteiger partial charge in [0.1, 0.15) is 5.82 Å². The molecule has 0 radical (unpaired) electrons. The first kappa shape index (κ1) is 12.6. The minimum atomic E-state index is -0.165. The predicted molar refractivity (Wildman–Crippen MR) is 69.2 cm³/mol. The van der Waals surface area contributed by atoms with Crippen molar-refractivity contribution >= 4 is 0 Å². The van der Waals surface area contributed by atoms with Crippen LogP contribution in [-0.2, 0) is 6.42 Å². The van der Waals surface area contributed by atoms with E-state index in [-0.39, 0.29) is 5.82 Å². The van der Waals surface area contributed by atoms with Crippen molar-refractivity contribution in [3.63, 3.8) is 0 Å². The molecule has 94 valence electrons. The molecular formula is C15H22FN. The third kappa shape index (κ3) is 3.29. The summed E-state index contributed by atoms with van der Waals surface area (Å²) in [5.41, 5.74) is 7.81. The average molecular weight is 235 g/mol. The molecule has 0 aliphatic heterocycles. The smallest absolute Gasteiger partial charge is 0.123 e. The fourth-order valence-corrected chi connectivity index (χ4v) is 2.90. The molecule has 0 spiro atoms. The highest BCUT2D eigenvalue weighted by atomic mass is 19.1. The number of rotatable bonds is 2. The first-order chi connectivity index (χ1) is 7.96. The monoisotopic (exact) mass is 235 g/mol. The number of halogens is 1. The quantitative estimate of drug-likeness (QED) is 0.834. The summed E-state index contributed by atoms with van der Waals surface area (Å²) in [5.74, 6) is 0.367. The van der Waals surface area contributed by atoms with E-state index in [0.29, 0.717) is 17.4 Å². The van der Waals surface area contributed by atoms with E-state index in [9.17, 15) is 4.39 Å². The molecule has 2 N–H and O–H groups in total. The summed E-state index contributed by atoms with van der Waals surface area (Å²) in [4.78, 5) is 0. The van der Waals surface area contributed by atoms with Gasteiger partial charge in [0, 0.05) is 6.04 Å². The molecule has 1 aromatic carbocycles. The van der Waals surface area contributed by atoms with Gasteiger partial charge >= 0.3 is 0 Å². The third-order valence-electron chi connectivity index (χ3n) is 3.99. The van der Waals surface area contributed by atoms with Crippen molar-refractivity contribution < 1.29 is 4.39 Å². The first-order valence-corrected chi connectivity index (χ1v) is 6.46. The molecule has 0 saturated heterocycles. The van der Waals surface area contributed by atoms with Crippen molar-refractivity contribution in [1.29, 1.82) is 0 Å². The summed E-state index contributed by atoms with van der Waals surface area (Å²) in [6.07, 6.45) is 4.48. The molecule has 1 saturated carbocycles. The van der Waals surface area contributed by atoms with E-state index >= 15 is 0 Å². The van der Waals surface area contributed by atoms with Crippen LogP contribution < -0.4 is 5.73 Å². The zero-order valence-electron chi connectivity index (χ0n) is 10.7. The summed E-state index contributed by atoms with van der Waals surface area (Å²) < 4.78 is 12.8. The summed E-state index contributed by atoms with van der Waals surface area (Å²) in [7, 11) is 0. The molecule has 2 unspecified atom stereocenters. The van der Waals surface area contributed by atoms with Gasteiger partial charge in [0.25, 0.3) is 0 Å². The fraction of sp³-hybridized carbons (Fsp3) is 0.600. The van der Waals surface area contributed by atoms with Gasteiger partial charge in [-0.05, 0) is 54.7 Å². The highest BCUT2D eigenvalue weighted by Gasteiger charge is 2.32. The molecule has 1 nitrogen and oxygen atoms in total. The van der Waals surface area contributed by atoms with Crippen LogP contribution in [0, 0.1) is 17.2 Å². The normalized spacial score (nSPS) is 28.0. The molecule has 0 heterocycles. The lowest BCUT2D eigenvalue weighted by molar-refractivity contribution is 0.157. The molecule has 0 amide bonds. The van der Waals surface area contributed by atoms with Crippen molar-refractivity contribution in [3.8, 4) is 0 Å². The summed E-state index contributed by atoms with van der Waals surface area (Å²) >= 11 is 0. The topological polar surface area (TPSA) is 26.0 Å². The molecule has 1 aromatic rings. The lowest BCUT2D eigenvalue weighted by atomic mass is 9.68. The zero-order valence-corrected chi connectivity index (χ0v) is 10.7. The van der Waals surface area contributed by atoms with Gasteiger partial charge in [-0.25, -0.2) is 4.39 Å². The standard InChI is InChI=1S/C15H22FN/c1-15(2)8-7-14(17)12(10-15)9-11-3-5-13(16)6-4-11/h3-6,12,14H,7-10,17H2,1-2H3. The SMILES string of the molecule is CC1(C)CCC(N)C(Cc2ccc(F)cc2)C1. The lowest BCUT2D eigenvalue weighted by Crippen LogP contribution is -2.40. The van der Waals surface area contributed by atoms with E-state index < -0.39 is 0 Å². The minimum Gasteiger partial charge on any atom is -0.327 e. The Hall–Kier alpha value is -0.890. The summed E-state index contributed by atoms with van der Waals surface area (Å²) in [5, 5.41) is 0. The lowest BCUT2D eigenvalue weighted by Gasteiger charge is -2.39. The van der Waals surface area contributed by atoms with E-state index in [4.69, 9.17) is 5.73 Å². The van der Waals surface area contributed by atoms with Crippen molar-refractivity contribution in [3.05, 3.63) is 35.6 Å². The van der Waals surface area contributed by atoms with Crippen LogP contribution >= 0.6 is 0 Å². The van der Waals surface area contributed by atoms with Crippen LogP contribution in [0.4, 0.5) is 4.39 Å². The molecule has 1 fully saturated rings. The van der Waals surface area contributed by atoms with E-state index in [0.717, 1.165) is 12.8 Å². The van der Waals surface area contributed by atoms with Crippen molar-refractivity contribution in [2.24, 2.45) is 17.1 Å². The van der Waals surface area contributed by atoms with Crippen LogP contribution in [-0.4, -0.2) is 6.04 Å². The van der Waals surface area contributed by atoms with Crippen LogP contribution in [0.5, 0.6) is 0 Å². The Morgan fingerprint density at radius 2 is 1.94 bits per heavy atom. The van der Waals surface area contributed by atoms with Crippen molar-refractivity contribution in [1.82, 2.24) is 0 Å². The molecule has 17 heavy (non-hydrogen) atoms. The summed E-state index contributed by atoms with van der Waals surface area (Å²) in [6, 6.07) is 7.13. The Morgan fingerprint density at radius 1 is 1.29 bits per heavy atom. The van der Waals surface area contributed by atoms with Crippen molar-refractivity contribution in [2.45, 2.75) is 45.6 Å². The number of nitrogens with two attached hydrogens (primary N) is 1. The maximum atomic E-state index is 12.8. The third-order valence-corrected chi connectivity index (χ3v) is 3.99. The Morgan fingerprint density at radius 3 is 2.59 bits per heavy atom. The Bertz CT molecular complexity index is 369. The van der Waals surface area contributed by atoms with Crippen LogP contribution in [0.1, 0.15) is 38.7 Å². The van der Waals surface area contributed by atoms with Gasteiger partial charge in [-0.3, -0.25) is 0 Å². The Kier molecular flexibility index (Phi) is 3.53. The van der Waals surface area contributed by atoms with Gasteiger partial charge in [0.05, 0.1) is 0 Å². The second-order valence-corrected chi connectivity index (χ2v) is 6.16. The van der Waals surface area contributed by atoms with Gasteiger partial charge in [-0.15, -0.1) is 0 Å². The van der Waals surface area contributed by atoms with E-state index in [2.05, 4.69) is 13.8 Å². The molecule has 0 aromatic heterocycles. The molecule has 2 heteroatoms. The van der Waals surface area contributed by atoms with Crippen LogP contribution in [0.15, 0.2) is 24.3 Å². The van der Waals surface area contributed by atoms with E-state index in [1.54, 1.807) is 0 Å². The maximum Gasteiger partial charge on any atom is 0.123 e. The molecule has 0 bridgehead atoms. The van der Waals surface area contributed by atoms with Gasteiger partial charge in [0.2, 0.25) is 0 Å². The second kappa shape index (κ2) is 4.77. The van der Waals surface area contributed by atoms with Crippen LogP contribution in [0.2, 0.25) is 0 Å². The van der Waals surface area contributed by atoms with E-state index in [1.165, 1.54) is 30.5 Å². The number of benzene rings is 1. The number of hydrogen-bond acceptors (Lipinski definition) is 1. The predicted octanol–water partition coefficient (Wildman–Crippen LogP) is 3.52. The highest BCUT2D eigenvalue weighted by Crippen LogP contribution is 2.39. The van der Waals surface area contributed by atoms with E-state index in [1.807, 2.05) is 12.1 Å². The summed E-state index contributed by atoms with van der Waals surface area (Å²) in [6.45, 7) is 4.63. The maximum absolute atomic E-state index is 12.8. The molecular weight excluding hydrogens is 213 g/mol. The molecule has 1 aliphatic rings. The van der Waals surface area contributed by atoms with Crippen LogP contribution in [0.3, 0.4) is 0 Å². The minimum absolute atomic E-state index is 0.165. The highest BCUT2D eigenvalue weighted by molar-refractivity contribution is 5.17. The Balaban J connectivity index is 2.04. The number of hydrogen-bond donors (Lipinski definition) is 1. The average Bonchev–Trinajstić information content (AvgIpc) is 2.26. The zero-order chi connectivity index (χ0) is 12.5. The van der Waals surface area contributed by atoms with Crippen LogP contribution in [0.25, 0.3) is 0 Å². The fourth-order valence-electron chi connectivity index (χ4n) is 2.90. The van der Waals surface area contributed by atoms with Gasteiger partial charge in [0.15, 0.2) is 0 Å². The molecule has 1 aliphatic carbocycles. The Labute approximate surface area is 103 Å². The van der Waals surface area contributed by atoms with Crippen molar-refractivity contribution in [2.75, 3.05) is 0 Å². The largest absolute Gasteiger partial charge is 0.327 e.